The number of sulfone groups is 1. The van der Waals surface area contributed by atoms with Crippen molar-refractivity contribution in [2.24, 2.45) is 0 Å². The molecule has 0 bridgehead atoms. The molecular formula is C21H23N3O4S2. The van der Waals surface area contributed by atoms with Crippen LogP contribution in [0.25, 0.3) is 10.2 Å². The van der Waals surface area contributed by atoms with Gasteiger partial charge in [-0.2, -0.15) is 0 Å². The minimum atomic E-state index is -3.29. The largest absolute Gasteiger partial charge is 0.312 e. The van der Waals surface area contributed by atoms with Gasteiger partial charge in [0.2, 0.25) is 5.91 Å². The maximum absolute atomic E-state index is 12.9. The lowest BCUT2D eigenvalue weighted by atomic mass is 10.0. The fourth-order valence-electron chi connectivity index (χ4n) is 3.84. The van der Waals surface area contributed by atoms with Crippen LogP contribution in [0.5, 0.6) is 0 Å². The molecule has 1 aliphatic heterocycles. The molecule has 1 aromatic carbocycles. The van der Waals surface area contributed by atoms with Crippen LogP contribution in [0.15, 0.2) is 34.2 Å². The fourth-order valence-corrected chi connectivity index (χ4v) is 5.50. The van der Waals surface area contributed by atoms with Crippen molar-refractivity contribution in [3.8, 4) is 0 Å². The van der Waals surface area contributed by atoms with E-state index >= 15 is 0 Å². The second-order valence-electron chi connectivity index (χ2n) is 7.67. The molecule has 0 N–H and O–H groups in total. The number of aryl methyl sites for hydroxylation is 4. The summed E-state index contributed by atoms with van der Waals surface area (Å²) >= 11 is 1.50. The summed E-state index contributed by atoms with van der Waals surface area (Å²) in [5.74, 6) is -0.0896. The van der Waals surface area contributed by atoms with Gasteiger partial charge in [-0.3, -0.25) is 14.2 Å². The molecule has 0 unspecified atom stereocenters. The molecule has 3 aromatic rings. The molecule has 0 fully saturated rings. The summed E-state index contributed by atoms with van der Waals surface area (Å²) < 4.78 is 25.1. The van der Waals surface area contributed by atoms with E-state index in [0.717, 1.165) is 39.4 Å². The van der Waals surface area contributed by atoms with Crippen LogP contribution in [0.1, 0.15) is 28.8 Å². The minimum absolute atomic E-state index is 0.0896. The van der Waals surface area contributed by atoms with Crippen LogP contribution in [0.4, 0.5) is 5.69 Å². The summed E-state index contributed by atoms with van der Waals surface area (Å²) in [6.45, 7) is 4.72. The molecule has 1 aliphatic rings. The van der Waals surface area contributed by atoms with Crippen molar-refractivity contribution in [2.75, 3.05) is 17.7 Å². The number of carbonyl (C=O) groups is 1. The van der Waals surface area contributed by atoms with Gasteiger partial charge in [0.05, 0.1) is 16.6 Å². The van der Waals surface area contributed by atoms with Crippen LogP contribution in [0.2, 0.25) is 0 Å². The lowest BCUT2D eigenvalue weighted by Crippen LogP contribution is -2.36. The van der Waals surface area contributed by atoms with Crippen LogP contribution < -0.4 is 10.5 Å². The number of anilines is 1. The van der Waals surface area contributed by atoms with Crippen molar-refractivity contribution in [3.05, 3.63) is 50.9 Å². The van der Waals surface area contributed by atoms with Crippen molar-refractivity contribution in [3.63, 3.8) is 0 Å². The Bertz CT molecular complexity index is 1320. The zero-order valence-electron chi connectivity index (χ0n) is 17.1. The molecule has 0 aliphatic carbocycles. The zero-order valence-corrected chi connectivity index (χ0v) is 18.8. The highest BCUT2D eigenvalue weighted by molar-refractivity contribution is 7.90. The highest BCUT2D eigenvalue weighted by Gasteiger charge is 2.24. The Kier molecular flexibility index (Phi) is 5.27. The normalized spacial score (nSPS) is 14.2. The fraction of sp³-hybridized carbons (Fsp3) is 0.381. The standard InChI is InChI=1S/C21H23N3O4S2/c1-13-14(2)29-20-19(13)21(26)23(12-22-20)10-8-18(25)24-9-4-5-15-11-16(30(3,27)28)6-7-17(15)24/h6-7,11-12H,4-5,8-10H2,1-3H3. The first-order valence-corrected chi connectivity index (χ1v) is 12.5. The molecule has 158 valence electrons. The Labute approximate surface area is 178 Å². The minimum Gasteiger partial charge on any atom is -0.312 e. The average Bonchev–Trinajstić information content (AvgIpc) is 3.00. The Morgan fingerprint density at radius 1 is 1.27 bits per heavy atom. The third kappa shape index (κ3) is 3.67. The summed E-state index contributed by atoms with van der Waals surface area (Å²) in [6.07, 6.45) is 4.37. The van der Waals surface area contributed by atoms with Gasteiger partial charge < -0.3 is 4.90 Å². The molecule has 7 nitrogen and oxygen atoms in total. The summed E-state index contributed by atoms with van der Waals surface area (Å²) in [6, 6.07) is 4.91. The molecule has 30 heavy (non-hydrogen) atoms. The van der Waals surface area contributed by atoms with Gasteiger partial charge in [0, 0.05) is 36.3 Å². The Hall–Kier alpha value is -2.52. The van der Waals surface area contributed by atoms with Gasteiger partial charge in [-0.1, -0.05) is 0 Å². The summed E-state index contributed by atoms with van der Waals surface area (Å²) in [5, 5.41) is 0.629. The number of benzene rings is 1. The topological polar surface area (TPSA) is 89.3 Å². The van der Waals surface area contributed by atoms with Crippen LogP contribution in [0.3, 0.4) is 0 Å². The van der Waals surface area contributed by atoms with Gasteiger partial charge >= 0.3 is 0 Å². The van der Waals surface area contributed by atoms with Gasteiger partial charge in [-0.05, 0) is 56.0 Å². The van der Waals surface area contributed by atoms with E-state index in [2.05, 4.69) is 4.98 Å². The maximum Gasteiger partial charge on any atom is 0.262 e. The van der Waals surface area contributed by atoms with Crippen LogP contribution in [-0.2, 0) is 27.6 Å². The predicted molar refractivity (Wildman–Crippen MR) is 118 cm³/mol. The van der Waals surface area contributed by atoms with Crippen LogP contribution in [-0.4, -0.2) is 36.7 Å². The number of hydrogen-bond donors (Lipinski definition) is 0. The van der Waals surface area contributed by atoms with Crippen molar-refractivity contribution in [2.45, 2.75) is 44.6 Å². The number of amides is 1. The molecular weight excluding hydrogens is 422 g/mol. The first kappa shape index (κ1) is 20.7. The first-order chi connectivity index (χ1) is 14.2. The first-order valence-electron chi connectivity index (χ1n) is 9.75. The second-order valence-corrected chi connectivity index (χ2v) is 10.9. The third-order valence-electron chi connectivity index (χ3n) is 5.62. The van der Waals surface area contributed by atoms with Crippen molar-refractivity contribution in [1.29, 1.82) is 0 Å². The van der Waals surface area contributed by atoms with E-state index in [1.54, 1.807) is 23.1 Å². The molecule has 0 atom stereocenters. The number of hydrogen-bond acceptors (Lipinski definition) is 6. The van der Waals surface area contributed by atoms with E-state index in [1.165, 1.54) is 28.5 Å². The SMILES string of the molecule is Cc1sc2ncn(CCC(=O)N3CCCc4cc(S(C)(=O)=O)ccc43)c(=O)c2c1C. The Morgan fingerprint density at radius 3 is 2.77 bits per heavy atom. The number of thiophene rings is 1. The van der Waals surface area contributed by atoms with Gasteiger partial charge in [0.25, 0.3) is 5.56 Å². The monoisotopic (exact) mass is 445 g/mol. The number of carbonyl (C=O) groups excluding carboxylic acids is 1. The van der Waals surface area contributed by atoms with Crippen LogP contribution in [0, 0.1) is 13.8 Å². The van der Waals surface area contributed by atoms with Gasteiger partial charge in [-0.15, -0.1) is 11.3 Å². The summed E-state index contributed by atoms with van der Waals surface area (Å²) in [7, 11) is -3.29. The molecule has 3 heterocycles. The number of nitrogens with zero attached hydrogens (tertiary/aromatic N) is 3. The maximum atomic E-state index is 12.9. The molecule has 4 rings (SSSR count). The smallest absolute Gasteiger partial charge is 0.262 e. The van der Waals surface area contributed by atoms with Crippen molar-refractivity contribution in [1.82, 2.24) is 9.55 Å². The van der Waals surface area contributed by atoms with Gasteiger partial charge in [0.1, 0.15) is 4.83 Å². The van der Waals surface area contributed by atoms with Crippen molar-refractivity contribution >= 4 is 43.0 Å². The molecule has 1 amide bonds. The van der Waals surface area contributed by atoms with E-state index in [9.17, 15) is 18.0 Å². The van der Waals surface area contributed by atoms with Crippen LogP contribution >= 0.6 is 11.3 Å². The number of fused-ring (bicyclic) bond motifs is 2. The van der Waals surface area contributed by atoms with Gasteiger partial charge in [-0.25, -0.2) is 13.4 Å². The quantitative estimate of drug-likeness (QED) is 0.616. The van der Waals surface area contributed by atoms with E-state index in [-0.39, 0.29) is 29.3 Å². The average molecular weight is 446 g/mol. The summed E-state index contributed by atoms with van der Waals surface area (Å²) in [5.41, 5.74) is 2.44. The van der Waals surface area contributed by atoms with Gasteiger partial charge in [0.15, 0.2) is 9.84 Å². The highest BCUT2D eigenvalue weighted by atomic mass is 32.2. The summed E-state index contributed by atoms with van der Waals surface area (Å²) in [4.78, 5) is 33.9. The Morgan fingerprint density at radius 2 is 2.03 bits per heavy atom. The molecule has 0 spiro atoms. The van der Waals surface area contributed by atoms with E-state index in [0.29, 0.717) is 11.9 Å². The number of aromatic nitrogens is 2. The molecule has 9 heteroatoms. The third-order valence-corrected chi connectivity index (χ3v) is 7.85. The molecule has 2 aromatic heterocycles. The molecule has 0 saturated heterocycles. The molecule has 0 radical (unpaired) electrons. The van der Waals surface area contributed by atoms with E-state index in [1.807, 2.05) is 13.8 Å². The van der Waals surface area contributed by atoms with E-state index < -0.39 is 9.84 Å². The Balaban J connectivity index is 1.56. The predicted octanol–water partition coefficient (Wildman–Crippen LogP) is 2.85. The zero-order chi connectivity index (χ0) is 21.6. The number of rotatable bonds is 4. The molecule has 0 saturated carbocycles. The van der Waals surface area contributed by atoms with E-state index in [4.69, 9.17) is 0 Å². The van der Waals surface area contributed by atoms with Crippen molar-refractivity contribution < 1.29 is 13.2 Å². The highest BCUT2D eigenvalue weighted by Crippen LogP contribution is 2.30. The lowest BCUT2D eigenvalue weighted by molar-refractivity contribution is -0.118. The second kappa shape index (κ2) is 7.63. The lowest BCUT2D eigenvalue weighted by Gasteiger charge is -2.30.